The smallest absolute Gasteiger partial charge is 0.241 e. The molecule has 1 saturated heterocycles. The highest BCUT2D eigenvalue weighted by Gasteiger charge is 2.37. The Hall–Kier alpha value is -1.35. The third-order valence-electron chi connectivity index (χ3n) is 5.38. The Bertz CT molecular complexity index is 487. The standard InChI is InChI=1S/C18H26N2O/c1-13-8-9-16(10-14(13)2)20-12-19-17(18(20)21)11-15-6-4-3-5-7-15/h3-7,13-14,16-17,19H,8-12H2,1-2H3. The highest BCUT2D eigenvalue weighted by atomic mass is 16.2. The number of hydrogen-bond acceptors (Lipinski definition) is 2. The maximum atomic E-state index is 12.7. The highest BCUT2D eigenvalue weighted by Crippen LogP contribution is 2.33. The fourth-order valence-electron chi connectivity index (χ4n) is 3.69. The van der Waals surface area contributed by atoms with Crippen LogP contribution in [0.4, 0.5) is 0 Å². The fraction of sp³-hybridized carbons (Fsp3) is 0.611. The van der Waals surface area contributed by atoms with Gasteiger partial charge in [0.15, 0.2) is 0 Å². The number of carbonyl (C=O) groups is 1. The van der Waals surface area contributed by atoms with E-state index in [1.807, 2.05) is 18.2 Å². The van der Waals surface area contributed by atoms with Crippen LogP contribution in [0.5, 0.6) is 0 Å². The first-order valence-corrected chi connectivity index (χ1v) is 8.23. The number of rotatable bonds is 3. The molecule has 21 heavy (non-hydrogen) atoms. The molecule has 1 aromatic carbocycles. The molecule has 1 saturated carbocycles. The topological polar surface area (TPSA) is 32.3 Å². The molecule has 0 radical (unpaired) electrons. The molecular weight excluding hydrogens is 260 g/mol. The third kappa shape index (κ3) is 3.13. The number of carbonyl (C=O) groups excluding carboxylic acids is 1. The van der Waals surface area contributed by atoms with E-state index in [1.54, 1.807) is 0 Å². The molecule has 3 rings (SSSR count). The van der Waals surface area contributed by atoms with E-state index < -0.39 is 0 Å². The van der Waals surface area contributed by atoms with E-state index >= 15 is 0 Å². The minimum absolute atomic E-state index is 0.0398. The van der Waals surface area contributed by atoms with E-state index in [0.29, 0.717) is 11.9 Å². The summed E-state index contributed by atoms with van der Waals surface area (Å²) in [5.74, 6) is 1.82. The molecule has 4 unspecified atom stereocenters. The Morgan fingerprint density at radius 2 is 1.90 bits per heavy atom. The van der Waals surface area contributed by atoms with Gasteiger partial charge in [-0.15, -0.1) is 0 Å². The lowest BCUT2D eigenvalue weighted by Gasteiger charge is -2.37. The Morgan fingerprint density at radius 3 is 2.62 bits per heavy atom. The first-order chi connectivity index (χ1) is 10.1. The lowest BCUT2D eigenvalue weighted by molar-refractivity contribution is -0.131. The van der Waals surface area contributed by atoms with Crippen molar-refractivity contribution in [3.05, 3.63) is 35.9 Å². The summed E-state index contributed by atoms with van der Waals surface area (Å²) in [7, 11) is 0. The summed E-state index contributed by atoms with van der Waals surface area (Å²) in [6, 6.07) is 10.7. The first-order valence-electron chi connectivity index (χ1n) is 8.23. The lowest BCUT2D eigenvalue weighted by Crippen LogP contribution is -2.42. The van der Waals surface area contributed by atoms with Gasteiger partial charge in [-0.1, -0.05) is 44.2 Å². The summed E-state index contributed by atoms with van der Waals surface area (Å²) in [6.45, 7) is 5.39. The van der Waals surface area contributed by atoms with E-state index in [9.17, 15) is 4.79 Å². The monoisotopic (exact) mass is 286 g/mol. The van der Waals surface area contributed by atoms with Gasteiger partial charge in [0.25, 0.3) is 0 Å². The number of nitrogens with zero attached hydrogens (tertiary/aromatic N) is 1. The Morgan fingerprint density at radius 1 is 1.14 bits per heavy atom. The van der Waals surface area contributed by atoms with Crippen LogP contribution in [0.15, 0.2) is 30.3 Å². The fourth-order valence-corrected chi connectivity index (χ4v) is 3.69. The van der Waals surface area contributed by atoms with Crippen LogP contribution in [-0.2, 0) is 11.2 Å². The number of benzene rings is 1. The predicted molar refractivity (Wildman–Crippen MR) is 84.7 cm³/mol. The van der Waals surface area contributed by atoms with Crippen molar-refractivity contribution in [2.24, 2.45) is 11.8 Å². The largest absolute Gasteiger partial charge is 0.326 e. The van der Waals surface area contributed by atoms with E-state index in [0.717, 1.165) is 37.8 Å². The Kier molecular flexibility index (Phi) is 4.29. The van der Waals surface area contributed by atoms with Crippen LogP contribution in [0.3, 0.4) is 0 Å². The number of nitrogens with one attached hydrogen (secondary N) is 1. The average molecular weight is 286 g/mol. The molecule has 1 aliphatic heterocycles. The Labute approximate surface area is 127 Å². The van der Waals surface area contributed by atoms with Gasteiger partial charge in [-0.2, -0.15) is 0 Å². The van der Waals surface area contributed by atoms with Gasteiger partial charge in [0, 0.05) is 6.04 Å². The zero-order chi connectivity index (χ0) is 14.8. The van der Waals surface area contributed by atoms with Crippen molar-refractivity contribution in [1.82, 2.24) is 10.2 Å². The van der Waals surface area contributed by atoms with Crippen LogP contribution >= 0.6 is 0 Å². The van der Waals surface area contributed by atoms with Gasteiger partial charge in [-0.3, -0.25) is 10.1 Å². The summed E-state index contributed by atoms with van der Waals surface area (Å²) in [5, 5.41) is 3.40. The van der Waals surface area contributed by atoms with Crippen LogP contribution in [0.2, 0.25) is 0 Å². The maximum Gasteiger partial charge on any atom is 0.241 e. The van der Waals surface area contributed by atoms with Gasteiger partial charge < -0.3 is 4.90 Å². The van der Waals surface area contributed by atoms with Crippen molar-refractivity contribution in [3.8, 4) is 0 Å². The van der Waals surface area contributed by atoms with E-state index in [-0.39, 0.29) is 6.04 Å². The van der Waals surface area contributed by atoms with Gasteiger partial charge in [0.2, 0.25) is 5.91 Å². The minimum Gasteiger partial charge on any atom is -0.326 e. The van der Waals surface area contributed by atoms with Crippen LogP contribution in [0.25, 0.3) is 0 Å². The number of hydrogen-bond donors (Lipinski definition) is 1. The average Bonchev–Trinajstić information content (AvgIpc) is 2.84. The molecule has 2 fully saturated rings. The molecule has 1 N–H and O–H groups in total. The molecule has 3 heteroatoms. The zero-order valence-electron chi connectivity index (χ0n) is 13.1. The van der Waals surface area contributed by atoms with Crippen LogP contribution in [0, 0.1) is 11.8 Å². The van der Waals surface area contributed by atoms with Crippen molar-refractivity contribution >= 4 is 5.91 Å². The summed E-state index contributed by atoms with van der Waals surface area (Å²) in [5.41, 5.74) is 1.23. The van der Waals surface area contributed by atoms with Crippen molar-refractivity contribution in [1.29, 1.82) is 0 Å². The SMILES string of the molecule is CC1CCC(N2CNC(Cc3ccccc3)C2=O)CC1C. The quantitative estimate of drug-likeness (QED) is 0.926. The molecule has 0 bridgehead atoms. The van der Waals surface area contributed by atoms with Crippen molar-refractivity contribution in [2.45, 2.75) is 51.6 Å². The number of amides is 1. The summed E-state index contributed by atoms with van der Waals surface area (Å²) >= 11 is 0. The van der Waals surface area contributed by atoms with E-state index in [4.69, 9.17) is 0 Å². The van der Waals surface area contributed by atoms with E-state index in [2.05, 4.69) is 36.2 Å². The molecule has 0 spiro atoms. The van der Waals surface area contributed by atoms with Crippen LogP contribution in [-0.4, -0.2) is 29.6 Å². The van der Waals surface area contributed by atoms with Gasteiger partial charge in [0.1, 0.15) is 0 Å². The summed E-state index contributed by atoms with van der Waals surface area (Å²) < 4.78 is 0. The van der Waals surface area contributed by atoms with Gasteiger partial charge in [-0.05, 0) is 43.1 Å². The van der Waals surface area contributed by atoms with Crippen LogP contribution < -0.4 is 5.32 Å². The van der Waals surface area contributed by atoms with Gasteiger partial charge >= 0.3 is 0 Å². The molecule has 1 aromatic rings. The summed E-state index contributed by atoms with van der Waals surface area (Å²) in [4.78, 5) is 14.8. The minimum atomic E-state index is -0.0398. The van der Waals surface area contributed by atoms with Crippen molar-refractivity contribution in [3.63, 3.8) is 0 Å². The maximum absolute atomic E-state index is 12.7. The van der Waals surface area contributed by atoms with Gasteiger partial charge in [-0.25, -0.2) is 0 Å². The Balaban J connectivity index is 1.61. The highest BCUT2D eigenvalue weighted by molar-refractivity contribution is 5.84. The molecule has 2 aliphatic rings. The van der Waals surface area contributed by atoms with Crippen LogP contribution in [0.1, 0.15) is 38.7 Å². The zero-order valence-corrected chi connectivity index (χ0v) is 13.1. The normalized spacial score (nSPS) is 33.4. The predicted octanol–water partition coefficient (Wildman–Crippen LogP) is 2.81. The molecule has 1 heterocycles. The second-order valence-electron chi connectivity index (χ2n) is 6.83. The molecular formula is C18H26N2O. The second kappa shape index (κ2) is 6.18. The van der Waals surface area contributed by atoms with Gasteiger partial charge in [0.05, 0.1) is 12.7 Å². The molecule has 4 atom stereocenters. The third-order valence-corrected chi connectivity index (χ3v) is 5.38. The van der Waals surface area contributed by atoms with Crippen molar-refractivity contribution < 1.29 is 4.79 Å². The lowest BCUT2D eigenvalue weighted by atomic mass is 9.78. The second-order valence-corrected chi connectivity index (χ2v) is 6.83. The van der Waals surface area contributed by atoms with E-state index in [1.165, 1.54) is 12.0 Å². The molecule has 114 valence electrons. The molecule has 1 aliphatic carbocycles. The molecule has 3 nitrogen and oxygen atoms in total. The molecule has 1 amide bonds. The summed E-state index contributed by atoms with van der Waals surface area (Å²) in [6.07, 6.45) is 4.37. The molecule has 0 aromatic heterocycles. The van der Waals surface area contributed by atoms with Crippen molar-refractivity contribution in [2.75, 3.05) is 6.67 Å². The first kappa shape index (κ1) is 14.6.